The van der Waals surface area contributed by atoms with Crippen LogP contribution in [0, 0.1) is 35.6 Å². The van der Waals surface area contributed by atoms with E-state index >= 15 is 0 Å². The molecule has 108 valence electrons. The molecule has 0 aromatic heterocycles. The molecule has 0 amide bonds. The first-order valence-corrected chi connectivity index (χ1v) is 0.894. The van der Waals surface area contributed by atoms with E-state index in [1.54, 1.807) is 0 Å². The first kappa shape index (κ1) is 250. The summed E-state index contributed by atoms with van der Waals surface area (Å²) >= 11 is 0. The molecule has 0 aliphatic carbocycles. The van der Waals surface area contributed by atoms with Crippen LogP contribution in [0.5, 0.6) is 0 Å². The van der Waals surface area contributed by atoms with Crippen molar-refractivity contribution in [3.8, 4) is 0 Å². The maximum Gasteiger partial charge on any atom is 3.00 e. The van der Waals surface area contributed by atoms with Crippen LogP contribution in [0.1, 0.15) is 0 Å². The molecule has 0 aliphatic rings. The van der Waals surface area contributed by atoms with E-state index in [-0.39, 0.29) is 125 Å². The van der Waals surface area contributed by atoms with Crippen molar-refractivity contribution >= 4 is 0 Å². The van der Waals surface area contributed by atoms with Gasteiger partial charge in [0, 0.05) is 14.2 Å². The number of aliphatic hydroxyl groups is 2. The van der Waals surface area contributed by atoms with Gasteiger partial charge in [-0.2, -0.15) is 0 Å². The van der Waals surface area contributed by atoms with E-state index in [2.05, 4.69) is 0 Å². The third-order valence-corrected chi connectivity index (χ3v) is 0. The largest absolute Gasteiger partial charge is 3.00 e. The Kier molecular flexibility index (Phi) is 12200. The summed E-state index contributed by atoms with van der Waals surface area (Å²) in [5.41, 5.74) is 0. The molecule has 23 N–H and O–H groups in total. The molecule has 0 bridgehead atoms. The van der Waals surface area contributed by atoms with Crippen molar-refractivity contribution in [3.63, 3.8) is 0 Å². The second kappa shape index (κ2) is 734. The van der Waals surface area contributed by atoms with E-state index < -0.39 is 0 Å². The van der Waals surface area contributed by atoms with E-state index in [1.807, 2.05) is 0 Å². The number of halogens is 3. The minimum absolute atomic E-state index is 0. The van der Waals surface area contributed by atoms with E-state index in [9.17, 15) is 0 Å². The zero-order valence-electron chi connectivity index (χ0n) is 8.65. The van der Waals surface area contributed by atoms with Crippen LogP contribution in [-0.2, 0) is 38.3 Å². The fourth-order valence-electron chi connectivity index (χ4n) is 0. The Morgan fingerprint density at radius 3 is 0.400 bits per heavy atom. The fourth-order valence-corrected chi connectivity index (χ4v) is 0. The van der Waals surface area contributed by atoms with Gasteiger partial charge in [0.25, 0.3) is 0 Å². The molecule has 0 aromatic carbocycles. The molecule has 0 aromatic rings. The molecular weight excluding hydrogens is 547 g/mol. The van der Waals surface area contributed by atoms with E-state index in [4.69, 9.17) is 10.2 Å². The van der Waals surface area contributed by atoms with Crippen molar-refractivity contribution in [2.45, 2.75) is 0 Å². The first-order chi connectivity index (χ1) is 2.00. The molecule has 0 rings (SSSR count). The second-order valence-electron chi connectivity index (χ2n) is 0. The summed E-state index contributed by atoms with van der Waals surface area (Å²) in [6, 6.07) is 0. The number of hydrogen-bond acceptors (Lipinski definition) is 2. The zero-order chi connectivity index (χ0) is 4.00. The minimum Gasteiger partial charge on any atom is -1.00 e. The molecule has 15 heavy (non-hydrogen) atoms. The SMILES string of the molecule is CO.CO.[Br-].[Br-].[Br-].[La+3].[OH3+].[OH3+].[OH3+].[OH3+].[OH3+].[OH3+].[OH3+]. The molecule has 0 aliphatic heterocycles. The molecule has 0 heterocycles. The van der Waals surface area contributed by atoms with Crippen LogP contribution in [0.25, 0.3) is 0 Å². The van der Waals surface area contributed by atoms with Crippen LogP contribution in [0.4, 0.5) is 0 Å². The first-order valence-electron chi connectivity index (χ1n) is 0.894. The van der Waals surface area contributed by atoms with Crippen LogP contribution in [0.15, 0.2) is 0 Å². The average Bonchev–Trinajstić information content (AvgIpc) is 1.50. The van der Waals surface area contributed by atoms with Gasteiger partial charge in [-0.1, -0.05) is 0 Å². The molecule has 0 atom stereocenters. The van der Waals surface area contributed by atoms with Gasteiger partial charge in [0.15, 0.2) is 0 Å². The Labute approximate surface area is 148 Å². The van der Waals surface area contributed by atoms with Crippen molar-refractivity contribution in [1.82, 2.24) is 0 Å². The Hall–Kier alpha value is 2.27. The van der Waals surface area contributed by atoms with Gasteiger partial charge in [-0.15, -0.1) is 0 Å². The summed E-state index contributed by atoms with van der Waals surface area (Å²) in [5.74, 6) is 0. The molecule has 0 saturated heterocycles. The molecule has 13 heteroatoms. The quantitative estimate of drug-likeness (QED) is 0.266. The minimum atomic E-state index is 0. The summed E-state index contributed by atoms with van der Waals surface area (Å²) < 4.78 is 0. The predicted octanol–water partition coefficient (Wildman–Crippen LogP) is -16.2. The summed E-state index contributed by atoms with van der Waals surface area (Å²) in [4.78, 5) is 0. The van der Waals surface area contributed by atoms with Crippen molar-refractivity contribution in [2.75, 3.05) is 14.2 Å². The van der Waals surface area contributed by atoms with Gasteiger partial charge in [-0.3, -0.25) is 0 Å². The van der Waals surface area contributed by atoms with Gasteiger partial charge in [0.2, 0.25) is 0 Å². The van der Waals surface area contributed by atoms with Gasteiger partial charge in [-0.25, -0.2) is 0 Å². The van der Waals surface area contributed by atoms with Gasteiger partial charge >= 0.3 is 35.6 Å². The molecule has 0 unspecified atom stereocenters. The maximum atomic E-state index is 7.00. The summed E-state index contributed by atoms with van der Waals surface area (Å²) in [7, 11) is 2.00. The Morgan fingerprint density at radius 2 is 0.400 bits per heavy atom. The normalized spacial score (nSPS) is 0.800. The zero-order valence-corrected chi connectivity index (χ0v) is 17.0. The smallest absolute Gasteiger partial charge is 1.00 e. The van der Waals surface area contributed by atoms with Crippen molar-refractivity contribution in [3.05, 3.63) is 0 Å². The molecule has 0 spiro atoms. The summed E-state index contributed by atoms with van der Waals surface area (Å²) in [6.07, 6.45) is 0. The molecule has 0 fully saturated rings. The molecule has 0 saturated carbocycles. The molecule has 0 radical (unpaired) electrons. The van der Waals surface area contributed by atoms with Crippen LogP contribution in [0.2, 0.25) is 0 Å². The average molecular weight is 576 g/mol. The van der Waals surface area contributed by atoms with Crippen LogP contribution < -0.4 is 50.9 Å². The van der Waals surface area contributed by atoms with Crippen molar-refractivity contribution < 1.29 is 135 Å². The van der Waals surface area contributed by atoms with Crippen molar-refractivity contribution in [2.24, 2.45) is 0 Å². The van der Waals surface area contributed by atoms with E-state index in [0.717, 1.165) is 14.2 Å². The van der Waals surface area contributed by atoms with Gasteiger partial charge in [0.1, 0.15) is 0 Å². The predicted molar refractivity (Wildman–Crippen MR) is 50.4 cm³/mol. The van der Waals surface area contributed by atoms with E-state index in [0.29, 0.717) is 0 Å². The molecule has 9 nitrogen and oxygen atoms in total. The summed E-state index contributed by atoms with van der Waals surface area (Å²) in [6.45, 7) is 0. The van der Waals surface area contributed by atoms with Gasteiger partial charge < -0.3 is 99.5 Å². The Balaban J connectivity index is -0.000000000280. The second-order valence-corrected chi connectivity index (χ2v) is 0. The standard InChI is InChI=1S/2CH4O.3BrH.La.7H2O/c2*1-2;;;;;;;;;;;/h2*2H,1H3;3*1H;;7*1H2/q;;;;;+3;;;;;;;/p+4. The third-order valence-electron chi connectivity index (χ3n) is 0. The van der Waals surface area contributed by atoms with Gasteiger partial charge in [-0.05, 0) is 0 Å². The number of rotatable bonds is 0. The maximum absolute atomic E-state index is 7.00. The Bertz CT molecular complexity index is 23.3. The number of aliphatic hydroxyl groups excluding tert-OH is 2. The monoisotopic (exact) mass is 573 g/mol. The van der Waals surface area contributed by atoms with Crippen LogP contribution >= 0.6 is 0 Å². The van der Waals surface area contributed by atoms with Crippen LogP contribution in [-0.4, -0.2) is 24.4 Å². The summed E-state index contributed by atoms with van der Waals surface area (Å²) in [5, 5.41) is 14.0. The Morgan fingerprint density at radius 1 is 0.400 bits per heavy atom. The fraction of sp³-hybridized carbons (Fsp3) is 1.00. The topological polar surface area (TPSA) is 271 Å². The van der Waals surface area contributed by atoms with Crippen molar-refractivity contribution in [1.29, 1.82) is 0 Å². The van der Waals surface area contributed by atoms with Crippen LogP contribution in [0.3, 0.4) is 0 Å². The van der Waals surface area contributed by atoms with E-state index in [1.165, 1.54) is 0 Å². The number of hydrogen-bond donors (Lipinski definition) is 2. The third kappa shape index (κ3) is 641. The molecular formula is C2H29Br3LaO9+7. The van der Waals surface area contributed by atoms with Gasteiger partial charge in [0.05, 0.1) is 0 Å².